The van der Waals surface area contributed by atoms with Crippen LogP contribution in [-0.2, 0) is 9.53 Å². The molecule has 0 amide bonds. The van der Waals surface area contributed by atoms with E-state index in [2.05, 4.69) is 16.9 Å². The second kappa shape index (κ2) is 4.78. The third kappa shape index (κ3) is 1.96. The van der Waals surface area contributed by atoms with Crippen LogP contribution in [0.4, 0.5) is 0 Å². The molecule has 3 rings (SSSR count). The van der Waals surface area contributed by atoms with Crippen LogP contribution in [0.1, 0.15) is 24.8 Å². The lowest BCUT2D eigenvalue weighted by molar-refractivity contribution is -0.136. The molecule has 0 N–H and O–H groups in total. The number of carbonyl (C=O) groups excluding carboxylic acids is 1. The molecule has 4 heteroatoms. The topological polar surface area (TPSA) is 42.4 Å². The molecular formula is C15H18N2O2. The van der Waals surface area contributed by atoms with Gasteiger partial charge in [0.15, 0.2) is 0 Å². The third-order valence-corrected chi connectivity index (χ3v) is 4.35. The molecule has 1 aromatic heterocycles. The van der Waals surface area contributed by atoms with Crippen molar-refractivity contribution in [1.82, 2.24) is 9.88 Å². The smallest absolute Gasteiger partial charge is 0.335 e. The number of aromatic nitrogens is 1. The zero-order valence-electron chi connectivity index (χ0n) is 11.3. The molecule has 2 aliphatic rings. The average molecular weight is 258 g/mol. The Labute approximate surface area is 113 Å². The number of nitrogens with zero attached hydrogens (tertiary/aromatic N) is 2. The van der Waals surface area contributed by atoms with Crippen molar-refractivity contribution in [1.29, 1.82) is 0 Å². The number of hydrogen-bond donors (Lipinski definition) is 0. The molecule has 2 aliphatic heterocycles. The summed E-state index contributed by atoms with van der Waals surface area (Å²) in [6, 6.07) is 4.67. The predicted octanol–water partition coefficient (Wildman–Crippen LogP) is 1.87. The van der Waals surface area contributed by atoms with Crippen LogP contribution in [0.2, 0.25) is 0 Å². The number of ether oxygens (including phenoxy) is 1. The summed E-state index contributed by atoms with van der Waals surface area (Å²) in [5, 5.41) is 0. The first-order valence-electron chi connectivity index (χ1n) is 6.66. The van der Waals surface area contributed by atoms with Crippen LogP contribution in [-0.4, -0.2) is 42.1 Å². The van der Waals surface area contributed by atoms with E-state index in [9.17, 15) is 4.79 Å². The number of rotatable bonds is 2. The summed E-state index contributed by atoms with van der Waals surface area (Å²) in [5.74, 6) is -0.198. The van der Waals surface area contributed by atoms with Crippen molar-refractivity contribution in [2.75, 3.05) is 14.2 Å². The first kappa shape index (κ1) is 12.4. The first-order valence-corrected chi connectivity index (χ1v) is 6.66. The summed E-state index contributed by atoms with van der Waals surface area (Å²) >= 11 is 0. The van der Waals surface area contributed by atoms with Gasteiger partial charge in [0.2, 0.25) is 0 Å². The van der Waals surface area contributed by atoms with Crippen molar-refractivity contribution in [2.24, 2.45) is 0 Å². The van der Waals surface area contributed by atoms with E-state index in [4.69, 9.17) is 4.74 Å². The van der Waals surface area contributed by atoms with Crippen LogP contribution < -0.4 is 0 Å². The minimum atomic E-state index is -0.198. The van der Waals surface area contributed by atoms with E-state index in [1.807, 2.05) is 18.3 Å². The fourth-order valence-electron chi connectivity index (χ4n) is 3.34. The highest BCUT2D eigenvalue weighted by atomic mass is 16.5. The Hall–Kier alpha value is -1.68. The lowest BCUT2D eigenvalue weighted by Gasteiger charge is -2.34. The molecule has 0 aromatic carbocycles. The maximum absolute atomic E-state index is 12.2. The number of fused-ring (bicyclic) bond motifs is 2. The maximum atomic E-state index is 12.2. The van der Waals surface area contributed by atoms with Crippen molar-refractivity contribution in [3.63, 3.8) is 0 Å². The van der Waals surface area contributed by atoms with E-state index in [0.29, 0.717) is 6.04 Å². The van der Waals surface area contributed by atoms with Gasteiger partial charge < -0.3 is 4.74 Å². The third-order valence-electron chi connectivity index (χ3n) is 4.35. The lowest BCUT2D eigenvalue weighted by Crippen LogP contribution is -2.40. The van der Waals surface area contributed by atoms with Crippen LogP contribution in [0.25, 0.3) is 5.57 Å². The molecule has 3 heterocycles. The molecule has 100 valence electrons. The van der Waals surface area contributed by atoms with Gasteiger partial charge in [-0.3, -0.25) is 9.88 Å². The van der Waals surface area contributed by atoms with Gasteiger partial charge in [0.05, 0.1) is 12.7 Å². The highest BCUT2D eigenvalue weighted by Gasteiger charge is 2.42. The molecule has 0 spiro atoms. The molecule has 0 saturated carbocycles. The van der Waals surface area contributed by atoms with Crippen molar-refractivity contribution < 1.29 is 9.53 Å². The van der Waals surface area contributed by atoms with Crippen LogP contribution in [0.5, 0.6) is 0 Å². The fraction of sp³-hybridized carbons (Fsp3) is 0.467. The van der Waals surface area contributed by atoms with E-state index in [0.717, 1.165) is 36.0 Å². The van der Waals surface area contributed by atoms with Gasteiger partial charge in [-0.1, -0.05) is 6.07 Å². The van der Waals surface area contributed by atoms with Gasteiger partial charge in [0.1, 0.15) is 0 Å². The van der Waals surface area contributed by atoms with Gasteiger partial charge in [-0.2, -0.15) is 0 Å². The standard InChI is InChI=1S/C15H18N2O2/c1-17-11-5-6-13(17)14(15(18)19-2)12(8-11)10-4-3-7-16-9-10/h3-4,7,9,11,13H,5-6,8H2,1-2H3/t11-,13+/m1/s1. The van der Waals surface area contributed by atoms with Crippen molar-refractivity contribution in [3.8, 4) is 0 Å². The summed E-state index contributed by atoms with van der Waals surface area (Å²) in [4.78, 5) is 18.6. The van der Waals surface area contributed by atoms with Gasteiger partial charge in [-0.15, -0.1) is 0 Å². The Morgan fingerprint density at radius 2 is 2.32 bits per heavy atom. The Morgan fingerprint density at radius 3 is 3.00 bits per heavy atom. The molecule has 1 saturated heterocycles. The summed E-state index contributed by atoms with van der Waals surface area (Å²) < 4.78 is 5.00. The molecule has 2 bridgehead atoms. The normalized spacial score (nSPS) is 26.6. The summed E-state index contributed by atoms with van der Waals surface area (Å²) in [6.07, 6.45) is 6.68. The zero-order chi connectivity index (χ0) is 13.4. The summed E-state index contributed by atoms with van der Waals surface area (Å²) in [6.45, 7) is 0. The zero-order valence-corrected chi connectivity index (χ0v) is 11.3. The van der Waals surface area contributed by atoms with Gasteiger partial charge >= 0.3 is 5.97 Å². The van der Waals surface area contributed by atoms with E-state index in [1.54, 1.807) is 6.20 Å². The summed E-state index contributed by atoms with van der Waals surface area (Å²) in [7, 11) is 3.56. The number of hydrogen-bond acceptors (Lipinski definition) is 4. The Balaban J connectivity index is 2.11. The molecule has 0 unspecified atom stereocenters. The first-order chi connectivity index (χ1) is 9.22. The molecule has 2 atom stereocenters. The van der Waals surface area contributed by atoms with Crippen LogP contribution in [0.15, 0.2) is 30.1 Å². The SMILES string of the molecule is COC(=O)C1=C(c2cccnc2)C[C@H]2CC[C@@H]1N2C. The average Bonchev–Trinajstić information content (AvgIpc) is 2.70. The van der Waals surface area contributed by atoms with Gasteiger partial charge in [0.25, 0.3) is 0 Å². The monoisotopic (exact) mass is 258 g/mol. The van der Waals surface area contributed by atoms with Crippen LogP contribution >= 0.6 is 0 Å². The number of methoxy groups -OCH3 is 1. The van der Waals surface area contributed by atoms with Gasteiger partial charge in [-0.05, 0) is 43.5 Å². The molecule has 0 aliphatic carbocycles. The molecule has 0 radical (unpaired) electrons. The number of pyridine rings is 1. The highest BCUT2D eigenvalue weighted by molar-refractivity contribution is 5.99. The molecule has 1 fully saturated rings. The molecule has 1 aromatic rings. The fourth-order valence-corrected chi connectivity index (χ4v) is 3.34. The summed E-state index contributed by atoms with van der Waals surface area (Å²) in [5.41, 5.74) is 2.99. The van der Waals surface area contributed by atoms with Crippen LogP contribution in [0.3, 0.4) is 0 Å². The van der Waals surface area contributed by atoms with Crippen LogP contribution in [0, 0.1) is 0 Å². The Morgan fingerprint density at radius 1 is 1.47 bits per heavy atom. The maximum Gasteiger partial charge on any atom is 0.335 e. The van der Waals surface area contributed by atoms with Gasteiger partial charge in [0, 0.05) is 24.5 Å². The van der Waals surface area contributed by atoms with Crippen molar-refractivity contribution in [3.05, 3.63) is 35.7 Å². The number of esters is 1. The molecular weight excluding hydrogens is 240 g/mol. The van der Waals surface area contributed by atoms with Crippen molar-refractivity contribution in [2.45, 2.75) is 31.3 Å². The quantitative estimate of drug-likeness (QED) is 0.760. The Kier molecular flexibility index (Phi) is 3.11. The predicted molar refractivity (Wildman–Crippen MR) is 72.4 cm³/mol. The molecule has 4 nitrogen and oxygen atoms in total. The van der Waals surface area contributed by atoms with E-state index >= 15 is 0 Å². The molecule has 19 heavy (non-hydrogen) atoms. The number of carbonyl (C=O) groups is 1. The van der Waals surface area contributed by atoms with E-state index in [1.165, 1.54) is 7.11 Å². The lowest BCUT2D eigenvalue weighted by atomic mass is 9.89. The highest BCUT2D eigenvalue weighted by Crippen LogP contribution is 2.42. The number of likely N-dealkylation sites (N-methyl/N-ethyl adjacent to an activating group) is 1. The second-order valence-corrected chi connectivity index (χ2v) is 5.24. The largest absolute Gasteiger partial charge is 0.466 e. The van der Waals surface area contributed by atoms with Crippen molar-refractivity contribution >= 4 is 11.5 Å². The second-order valence-electron chi connectivity index (χ2n) is 5.24. The minimum Gasteiger partial charge on any atom is -0.466 e. The minimum absolute atomic E-state index is 0.196. The van der Waals surface area contributed by atoms with E-state index < -0.39 is 0 Å². The Bertz CT molecular complexity index is 524. The van der Waals surface area contributed by atoms with Gasteiger partial charge in [-0.25, -0.2) is 4.79 Å². The van der Waals surface area contributed by atoms with E-state index in [-0.39, 0.29) is 12.0 Å².